The molecule has 1 amide bonds. The molecule has 0 heterocycles. The van der Waals surface area contributed by atoms with Crippen molar-refractivity contribution in [1.82, 2.24) is 0 Å². The second kappa shape index (κ2) is 8.46. The van der Waals surface area contributed by atoms with E-state index in [0.717, 1.165) is 5.69 Å². The fourth-order valence-corrected chi connectivity index (χ4v) is 2.58. The Morgan fingerprint density at radius 3 is 2.11 bits per heavy atom. The van der Waals surface area contributed by atoms with E-state index in [2.05, 4.69) is 31.4 Å². The molecule has 28 heavy (non-hydrogen) atoms. The number of nitrogens with one attached hydrogen (secondary N) is 2. The van der Waals surface area contributed by atoms with Gasteiger partial charge in [0.05, 0.1) is 0 Å². The van der Waals surface area contributed by atoms with Gasteiger partial charge in [-0.1, -0.05) is 39.0 Å². The molecule has 0 saturated heterocycles. The minimum Gasteiger partial charge on any atom is -0.459 e. The molecule has 2 N–H and O–H groups in total. The van der Waals surface area contributed by atoms with Crippen molar-refractivity contribution >= 4 is 23.3 Å². The van der Waals surface area contributed by atoms with Crippen LogP contribution in [0, 0.1) is 0 Å². The highest BCUT2D eigenvalue weighted by atomic mass is 16.6. The molecule has 0 atom stereocenters. The van der Waals surface area contributed by atoms with Crippen molar-refractivity contribution in [2.45, 2.75) is 52.6 Å². The minimum atomic E-state index is -0.525. The Hall–Kier alpha value is -2.82. The number of carbonyl (C=O) groups is 2. The van der Waals surface area contributed by atoms with Crippen LogP contribution in [0.15, 0.2) is 48.5 Å². The summed E-state index contributed by atoms with van der Waals surface area (Å²) in [7, 11) is 0. The molecule has 0 bridgehead atoms. The molecule has 2 aromatic rings. The van der Waals surface area contributed by atoms with Gasteiger partial charge in [0.2, 0.25) is 0 Å². The number of anilines is 2. The molecular formula is C23H30N2O3. The number of rotatable bonds is 5. The van der Waals surface area contributed by atoms with Crippen LogP contribution in [0.25, 0.3) is 0 Å². The first kappa shape index (κ1) is 21.5. The predicted molar refractivity (Wildman–Crippen MR) is 114 cm³/mol. The Bertz CT molecular complexity index is 828. The summed E-state index contributed by atoms with van der Waals surface area (Å²) >= 11 is 0. The van der Waals surface area contributed by atoms with Crippen LogP contribution in [0.1, 0.15) is 57.5 Å². The van der Waals surface area contributed by atoms with Crippen molar-refractivity contribution < 1.29 is 14.3 Å². The molecule has 0 fully saturated rings. The molecular weight excluding hydrogens is 352 g/mol. The second-order valence-corrected chi connectivity index (χ2v) is 8.80. The lowest BCUT2D eigenvalue weighted by molar-refractivity contribution is -0.152. The summed E-state index contributed by atoms with van der Waals surface area (Å²) in [6, 6.07) is 14.9. The highest BCUT2D eigenvalue weighted by molar-refractivity contribution is 6.04. The SMILES string of the molecule is CC(C)(C)OC(=O)CNc1cccc(C(=O)Nc2ccc(C(C)(C)C)cc2)c1. The Labute approximate surface area is 167 Å². The normalized spacial score (nSPS) is 11.6. The number of ether oxygens (including phenoxy) is 1. The average Bonchev–Trinajstić information content (AvgIpc) is 2.58. The van der Waals surface area contributed by atoms with Gasteiger partial charge in [0.25, 0.3) is 5.91 Å². The topological polar surface area (TPSA) is 67.4 Å². The Balaban J connectivity index is 1.99. The third kappa shape index (κ3) is 6.72. The minimum absolute atomic E-state index is 0.0383. The highest BCUT2D eigenvalue weighted by Crippen LogP contribution is 2.23. The van der Waals surface area contributed by atoms with E-state index in [-0.39, 0.29) is 23.8 Å². The molecule has 0 radical (unpaired) electrons. The maximum atomic E-state index is 12.5. The molecule has 0 saturated carbocycles. The zero-order chi connectivity index (χ0) is 20.9. The van der Waals surface area contributed by atoms with Crippen LogP contribution < -0.4 is 10.6 Å². The van der Waals surface area contributed by atoms with E-state index in [1.807, 2.05) is 45.0 Å². The average molecular weight is 383 g/mol. The number of hydrogen-bond acceptors (Lipinski definition) is 4. The number of esters is 1. The Morgan fingerprint density at radius 1 is 0.893 bits per heavy atom. The van der Waals surface area contributed by atoms with Gasteiger partial charge in [-0.25, -0.2) is 0 Å². The van der Waals surface area contributed by atoms with Crippen molar-refractivity contribution in [3.05, 3.63) is 59.7 Å². The van der Waals surface area contributed by atoms with Crippen LogP contribution in [0.2, 0.25) is 0 Å². The third-order valence-electron chi connectivity index (χ3n) is 3.99. The van der Waals surface area contributed by atoms with E-state index in [9.17, 15) is 9.59 Å². The summed E-state index contributed by atoms with van der Waals surface area (Å²) in [5.41, 5.74) is 2.68. The zero-order valence-electron chi connectivity index (χ0n) is 17.6. The van der Waals surface area contributed by atoms with Gasteiger partial charge in [-0.2, -0.15) is 0 Å². The standard InChI is InChI=1S/C23H30N2O3/c1-22(2,3)17-10-12-18(13-11-17)25-21(27)16-8-7-9-19(14-16)24-15-20(26)28-23(4,5)6/h7-14,24H,15H2,1-6H3,(H,25,27). The fourth-order valence-electron chi connectivity index (χ4n) is 2.58. The molecule has 2 aromatic carbocycles. The summed E-state index contributed by atoms with van der Waals surface area (Å²) in [5.74, 6) is -0.550. The van der Waals surface area contributed by atoms with Crippen LogP contribution >= 0.6 is 0 Å². The first-order valence-corrected chi connectivity index (χ1v) is 9.42. The quantitative estimate of drug-likeness (QED) is 0.715. The van der Waals surface area contributed by atoms with E-state index in [1.54, 1.807) is 24.3 Å². The van der Waals surface area contributed by atoms with E-state index in [4.69, 9.17) is 4.74 Å². The molecule has 2 rings (SSSR count). The Morgan fingerprint density at radius 2 is 1.54 bits per heavy atom. The number of hydrogen-bond donors (Lipinski definition) is 2. The van der Waals surface area contributed by atoms with Crippen molar-refractivity contribution in [2.24, 2.45) is 0 Å². The molecule has 0 unspecified atom stereocenters. The summed E-state index contributed by atoms with van der Waals surface area (Å²) < 4.78 is 5.27. The van der Waals surface area contributed by atoms with E-state index >= 15 is 0 Å². The third-order valence-corrected chi connectivity index (χ3v) is 3.99. The van der Waals surface area contributed by atoms with E-state index in [1.165, 1.54) is 5.56 Å². The first-order valence-electron chi connectivity index (χ1n) is 9.42. The van der Waals surface area contributed by atoms with Gasteiger partial charge in [-0.15, -0.1) is 0 Å². The maximum absolute atomic E-state index is 12.5. The van der Waals surface area contributed by atoms with Crippen molar-refractivity contribution in [1.29, 1.82) is 0 Å². The van der Waals surface area contributed by atoms with Gasteiger partial charge >= 0.3 is 5.97 Å². The lowest BCUT2D eigenvalue weighted by Crippen LogP contribution is -2.28. The van der Waals surface area contributed by atoms with Crippen LogP contribution in [0.3, 0.4) is 0 Å². The van der Waals surface area contributed by atoms with Gasteiger partial charge in [0, 0.05) is 16.9 Å². The van der Waals surface area contributed by atoms with Crippen LogP contribution in [0.5, 0.6) is 0 Å². The van der Waals surface area contributed by atoms with Crippen molar-refractivity contribution in [2.75, 3.05) is 17.2 Å². The lowest BCUT2D eigenvalue weighted by atomic mass is 9.87. The van der Waals surface area contributed by atoms with Crippen molar-refractivity contribution in [3.8, 4) is 0 Å². The molecule has 0 aliphatic heterocycles. The van der Waals surface area contributed by atoms with Gasteiger partial charge in [-0.05, 0) is 62.1 Å². The van der Waals surface area contributed by atoms with E-state index in [0.29, 0.717) is 11.3 Å². The van der Waals surface area contributed by atoms with Gasteiger partial charge in [0.15, 0.2) is 0 Å². The first-order chi connectivity index (χ1) is 12.9. The molecule has 0 aromatic heterocycles. The van der Waals surface area contributed by atoms with E-state index < -0.39 is 5.60 Å². The lowest BCUT2D eigenvalue weighted by Gasteiger charge is -2.20. The molecule has 0 aliphatic carbocycles. The summed E-state index contributed by atoms with van der Waals surface area (Å²) in [6.45, 7) is 12.0. The summed E-state index contributed by atoms with van der Waals surface area (Å²) in [6.07, 6.45) is 0. The monoisotopic (exact) mass is 382 g/mol. The summed E-state index contributed by atoms with van der Waals surface area (Å²) in [4.78, 5) is 24.4. The zero-order valence-corrected chi connectivity index (χ0v) is 17.6. The smallest absolute Gasteiger partial charge is 0.325 e. The number of amides is 1. The van der Waals surface area contributed by atoms with Gasteiger partial charge < -0.3 is 15.4 Å². The molecule has 5 nitrogen and oxygen atoms in total. The highest BCUT2D eigenvalue weighted by Gasteiger charge is 2.16. The van der Waals surface area contributed by atoms with Crippen LogP contribution in [0.4, 0.5) is 11.4 Å². The predicted octanol–water partition coefficient (Wildman–Crippen LogP) is 4.99. The fraction of sp³-hybridized carbons (Fsp3) is 0.391. The van der Waals surface area contributed by atoms with Crippen LogP contribution in [-0.2, 0) is 14.9 Å². The number of benzene rings is 2. The van der Waals surface area contributed by atoms with Crippen molar-refractivity contribution in [3.63, 3.8) is 0 Å². The molecule has 0 aliphatic rings. The van der Waals surface area contributed by atoms with Crippen LogP contribution in [-0.4, -0.2) is 24.0 Å². The summed E-state index contributed by atoms with van der Waals surface area (Å²) in [5, 5.41) is 5.90. The van der Waals surface area contributed by atoms with Gasteiger partial charge in [-0.3, -0.25) is 9.59 Å². The Kier molecular flexibility index (Phi) is 6.49. The second-order valence-electron chi connectivity index (χ2n) is 8.80. The molecule has 0 spiro atoms. The molecule has 150 valence electrons. The molecule has 5 heteroatoms. The largest absolute Gasteiger partial charge is 0.459 e. The van der Waals surface area contributed by atoms with Gasteiger partial charge in [0.1, 0.15) is 12.1 Å². The number of carbonyl (C=O) groups excluding carboxylic acids is 2. The maximum Gasteiger partial charge on any atom is 0.325 e.